The average Bonchev–Trinajstić information content (AvgIpc) is 3.33. The maximum absolute atomic E-state index is 10.3. The van der Waals surface area contributed by atoms with Gasteiger partial charge in [-0.2, -0.15) is 0 Å². The summed E-state index contributed by atoms with van der Waals surface area (Å²) in [6.45, 7) is 10.5. The van der Waals surface area contributed by atoms with E-state index in [-0.39, 0.29) is 19.8 Å². The summed E-state index contributed by atoms with van der Waals surface area (Å²) in [5.74, 6) is -1.12. The lowest BCUT2D eigenvalue weighted by atomic mass is 9.88. The smallest absolute Gasteiger partial charge is 0.303 e. The van der Waals surface area contributed by atoms with E-state index in [2.05, 4.69) is 52.0 Å². The molecule has 0 rings (SSSR count). The van der Waals surface area contributed by atoms with Crippen LogP contribution in [0.15, 0.2) is 24.3 Å². The molecule has 0 saturated carbocycles. The van der Waals surface area contributed by atoms with Gasteiger partial charge in [-0.15, -0.1) is 0 Å². The van der Waals surface area contributed by atoms with Crippen molar-refractivity contribution in [1.82, 2.24) is 0 Å². The first-order chi connectivity index (χ1) is 33.4. The summed E-state index contributed by atoms with van der Waals surface area (Å²) < 4.78 is 0. The minimum absolute atomic E-state index is 0.156. The Morgan fingerprint density at radius 2 is 0.565 bits per heavy atom. The second-order valence-corrected chi connectivity index (χ2v) is 20.4. The van der Waals surface area contributed by atoms with Crippen molar-refractivity contribution < 1.29 is 45.0 Å². The van der Waals surface area contributed by atoms with E-state index >= 15 is 0 Å². The number of aliphatic carboxylic acids is 3. The SMILES string of the molecule is CC(C)CCCCCCCCCCCCCCC(=O)O.CCC(CO)(CO)CO.CCCCCCCC/C=C\CCCCCCCC(=O)O.CCCCCCCC/C=C\CCCCCCCC(=O)O. The number of rotatable bonds is 49. The summed E-state index contributed by atoms with van der Waals surface area (Å²) in [7, 11) is 0. The van der Waals surface area contributed by atoms with Gasteiger partial charge in [-0.3, -0.25) is 14.4 Å². The second kappa shape index (κ2) is 63.8. The van der Waals surface area contributed by atoms with Crippen LogP contribution in [0, 0.1) is 11.3 Å². The summed E-state index contributed by atoms with van der Waals surface area (Å²) >= 11 is 0. The van der Waals surface area contributed by atoms with Crippen molar-refractivity contribution in [3.05, 3.63) is 24.3 Å². The van der Waals surface area contributed by atoms with Crippen LogP contribution in [0.3, 0.4) is 0 Å². The molecule has 0 bridgehead atoms. The van der Waals surface area contributed by atoms with Gasteiger partial charge in [0.25, 0.3) is 0 Å². The Balaban J connectivity index is -0.000000421. The lowest BCUT2D eigenvalue weighted by Gasteiger charge is -2.24. The molecule has 0 aliphatic rings. The van der Waals surface area contributed by atoms with Crippen LogP contribution in [0.1, 0.15) is 311 Å². The minimum Gasteiger partial charge on any atom is -0.481 e. The Kier molecular flexibility index (Phi) is 67.8. The maximum Gasteiger partial charge on any atom is 0.303 e. The molecular formula is C60H118O9. The minimum atomic E-state index is -0.667. The average molecular weight is 984 g/mol. The predicted molar refractivity (Wildman–Crippen MR) is 295 cm³/mol. The van der Waals surface area contributed by atoms with Crippen LogP contribution < -0.4 is 0 Å². The molecule has 69 heavy (non-hydrogen) atoms. The lowest BCUT2D eigenvalue weighted by molar-refractivity contribution is -0.138. The zero-order valence-electron chi connectivity index (χ0n) is 46.3. The van der Waals surface area contributed by atoms with Gasteiger partial charge < -0.3 is 30.6 Å². The van der Waals surface area contributed by atoms with E-state index in [9.17, 15) is 14.4 Å². The first-order valence-corrected chi connectivity index (χ1v) is 29.2. The number of hydrogen-bond acceptors (Lipinski definition) is 6. The van der Waals surface area contributed by atoms with Crippen LogP contribution in [-0.2, 0) is 14.4 Å². The summed E-state index contributed by atoms with van der Waals surface area (Å²) in [6.07, 6.45) is 60.4. The van der Waals surface area contributed by atoms with E-state index in [0.717, 1.165) is 44.4 Å². The summed E-state index contributed by atoms with van der Waals surface area (Å²) in [5, 5.41) is 51.5. The molecule has 0 heterocycles. The first kappa shape index (κ1) is 73.3. The van der Waals surface area contributed by atoms with Crippen molar-refractivity contribution in [3.8, 4) is 0 Å². The Morgan fingerprint density at radius 1 is 0.348 bits per heavy atom. The Labute approximate surface area is 427 Å². The third kappa shape index (κ3) is 72.4. The fourth-order valence-corrected chi connectivity index (χ4v) is 7.78. The van der Waals surface area contributed by atoms with Gasteiger partial charge in [-0.1, -0.05) is 239 Å². The maximum atomic E-state index is 10.3. The summed E-state index contributed by atoms with van der Waals surface area (Å²) in [6, 6.07) is 0. The molecule has 0 atom stereocenters. The van der Waals surface area contributed by atoms with Crippen LogP contribution in [-0.4, -0.2) is 68.4 Å². The van der Waals surface area contributed by atoms with E-state index in [1.807, 2.05) is 6.92 Å². The number of unbranched alkanes of at least 4 members (excludes halogenated alkanes) is 33. The van der Waals surface area contributed by atoms with Crippen molar-refractivity contribution >= 4 is 17.9 Å². The highest BCUT2D eigenvalue weighted by Gasteiger charge is 2.25. The van der Waals surface area contributed by atoms with E-state index in [0.29, 0.717) is 25.7 Å². The summed E-state index contributed by atoms with van der Waals surface area (Å²) in [5.41, 5.74) is -0.667. The highest BCUT2D eigenvalue weighted by atomic mass is 16.4. The zero-order valence-corrected chi connectivity index (χ0v) is 46.3. The van der Waals surface area contributed by atoms with Gasteiger partial charge >= 0.3 is 17.9 Å². The van der Waals surface area contributed by atoms with Gasteiger partial charge in [0.2, 0.25) is 0 Å². The standard InChI is InChI=1S/C18H36O2.2C18H34O2.C6H14O3/c1-17(2)15-13-11-9-7-5-3-4-6-8-10-12-14-16-18(19)20;2*1-2-3-4-5-6-7-8-9-10-11-12-13-14-15-16-17-18(19)20;1-2-6(3-7,4-8)5-9/h17H,3-16H2,1-2H3,(H,19,20);2*9-10H,2-8,11-17H2,1H3,(H,19,20);7-9H,2-5H2,1H3/b;2*10-9-;. The monoisotopic (exact) mass is 983 g/mol. The lowest BCUT2D eigenvalue weighted by Crippen LogP contribution is -2.32. The topological polar surface area (TPSA) is 173 Å². The second-order valence-electron chi connectivity index (χ2n) is 20.4. The number of carboxylic acid groups (broad SMARTS) is 3. The van der Waals surface area contributed by atoms with Gasteiger partial charge in [0.1, 0.15) is 0 Å². The number of carbonyl (C=O) groups is 3. The van der Waals surface area contributed by atoms with Gasteiger partial charge in [0.05, 0.1) is 19.8 Å². The van der Waals surface area contributed by atoms with Gasteiger partial charge in [0.15, 0.2) is 0 Å². The molecule has 0 fully saturated rings. The molecule has 6 N–H and O–H groups in total. The molecule has 0 aliphatic carbocycles. The molecule has 0 aliphatic heterocycles. The first-order valence-electron chi connectivity index (χ1n) is 29.2. The van der Waals surface area contributed by atoms with Crippen LogP contribution in [0.5, 0.6) is 0 Å². The Morgan fingerprint density at radius 3 is 0.754 bits per heavy atom. The molecule has 0 aromatic heterocycles. The van der Waals surface area contributed by atoms with Crippen molar-refractivity contribution in [2.45, 2.75) is 311 Å². The van der Waals surface area contributed by atoms with Crippen LogP contribution in [0.2, 0.25) is 0 Å². The fourth-order valence-electron chi connectivity index (χ4n) is 7.78. The quantitative estimate of drug-likeness (QED) is 0.0256. The molecule has 0 saturated heterocycles. The van der Waals surface area contributed by atoms with Gasteiger partial charge in [-0.25, -0.2) is 0 Å². The molecule has 0 spiro atoms. The zero-order chi connectivity index (χ0) is 52.2. The molecule has 412 valence electrons. The molecule has 0 amide bonds. The molecule has 0 radical (unpaired) electrons. The number of aliphatic hydroxyl groups is 3. The molecule has 0 aromatic rings. The molecule has 0 unspecified atom stereocenters. The highest BCUT2D eigenvalue weighted by molar-refractivity contribution is 5.67. The van der Waals surface area contributed by atoms with Crippen LogP contribution >= 0.6 is 0 Å². The molecule has 0 aromatic carbocycles. The van der Waals surface area contributed by atoms with Gasteiger partial charge in [-0.05, 0) is 83.0 Å². The predicted octanol–water partition coefficient (Wildman–Crippen LogP) is 17.8. The van der Waals surface area contributed by atoms with E-state index in [4.69, 9.17) is 30.6 Å². The van der Waals surface area contributed by atoms with E-state index in [1.165, 1.54) is 212 Å². The Hall–Kier alpha value is -2.23. The van der Waals surface area contributed by atoms with Crippen molar-refractivity contribution in [1.29, 1.82) is 0 Å². The number of carboxylic acids is 3. The third-order valence-electron chi connectivity index (χ3n) is 13.0. The third-order valence-corrected chi connectivity index (χ3v) is 13.0. The van der Waals surface area contributed by atoms with Crippen LogP contribution in [0.4, 0.5) is 0 Å². The molecule has 9 heteroatoms. The van der Waals surface area contributed by atoms with Crippen molar-refractivity contribution in [2.75, 3.05) is 19.8 Å². The van der Waals surface area contributed by atoms with E-state index < -0.39 is 23.3 Å². The summed E-state index contributed by atoms with van der Waals surface area (Å²) in [4.78, 5) is 31.0. The van der Waals surface area contributed by atoms with Crippen molar-refractivity contribution in [2.24, 2.45) is 11.3 Å². The highest BCUT2D eigenvalue weighted by Crippen LogP contribution is 2.19. The number of allylic oxidation sites excluding steroid dienone is 4. The number of hydrogen-bond donors (Lipinski definition) is 6. The molecular weight excluding hydrogens is 865 g/mol. The van der Waals surface area contributed by atoms with E-state index in [1.54, 1.807) is 0 Å². The normalized spacial score (nSPS) is 11.3. The largest absolute Gasteiger partial charge is 0.481 e. The molecule has 9 nitrogen and oxygen atoms in total. The fraction of sp³-hybridized carbons (Fsp3) is 0.883. The van der Waals surface area contributed by atoms with Crippen molar-refractivity contribution in [3.63, 3.8) is 0 Å². The Bertz CT molecular complexity index is 1000. The van der Waals surface area contributed by atoms with Crippen LogP contribution in [0.25, 0.3) is 0 Å². The number of aliphatic hydroxyl groups excluding tert-OH is 3. The van der Waals surface area contributed by atoms with Gasteiger partial charge in [0, 0.05) is 24.7 Å².